The van der Waals surface area contributed by atoms with Gasteiger partial charge >= 0.3 is 0 Å². The number of amides is 1. The van der Waals surface area contributed by atoms with E-state index in [9.17, 15) is 4.79 Å². The standard InChI is InChI=1S/C15H17N3O/c16-13-5-1-11(2-6-13)9-10-18-15(19)12-3-7-14(17)8-4-12/h1-8H,9-10,16-17H2,(H,18,19). The zero-order valence-electron chi connectivity index (χ0n) is 10.6. The second-order valence-corrected chi connectivity index (χ2v) is 4.37. The molecule has 0 fully saturated rings. The molecule has 1 amide bonds. The van der Waals surface area contributed by atoms with Crippen molar-refractivity contribution in [3.63, 3.8) is 0 Å². The van der Waals surface area contributed by atoms with Crippen LogP contribution in [0.25, 0.3) is 0 Å². The monoisotopic (exact) mass is 255 g/mol. The van der Waals surface area contributed by atoms with Gasteiger partial charge in [0.05, 0.1) is 0 Å². The van der Waals surface area contributed by atoms with Gasteiger partial charge in [0.1, 0.15) is 0 Å². The Morgan fingerprint density at radius 2 is 1.42 bits per heavy atom. The molecule has 2 aromatic rings. The summed E-state index contributed by atoms with van der Waals surface area (Å²) in [5, 5.41) is 2.87. The van der Waals surface area contributed by atoms with Gasteiger partial charge in [-0.2, -0.15) is 0 Å². The van der Waals surface area contributed by atoms with Crippen LogP contribution in [-0.2, 0) is 6.42 Å². The predicted molar refractivity (Wildman–Crippen MR) is 77.7 cm³/mol. The summed E-state index contributed by atoms with van der Waals surface area (Å²) in [6, 6.07) is 14.5. The van der Waals surface area contributed by atoms with Gasteiger partial charge in [-0.25, -0.2) is 0 Å². The van der Waals surface area contributed by atoms with E-state index >= 15 is 0 Å². The fourth-order valence-electron chi connectivity index (χ4n) is 1.74. The number of nitrogens with one attached hydrogen (secondary N) is 1. The van der Waals surface area contributed by atoms with Gasteiger partial charge < -0.3 is 16.8 Å². The van der Waals surface area contributed by atoms with E-state index in [1.807, 2.05) is 24.3 Å². The molecule has 0 aliphatic carbocycles. The van der Waals surface area contributed by atoms with E-state index in [0.29, 0.717) is 17.8 Å². The van der Waals surface area contributed by atoms with E-state index in [-0.39, 0.29) is 5.91 Å². The Morgan fingerprint density at radius 3 is 2.00 bits per heavy atom. The predicted octanol–water partition coefficient (Wildman–Crippen LogP) is 1.82. The van der Waals surface area contributed by atoms with E-state index in [1.54, 1.807) is 24.3 Å². The molecular formula is C15H17N3O. The third-order valence-electron chi connectivity index (χ3n) is 2.85. The zero-order valence-corrected chi connectivity index (χ0v) is 10.6. The number of nitrogens with two attached hydrogens (primary N) is 2. The third kappa shape index (κ3) is 3.74. The minimum absolute atomic E-state index is 0.0876. The summed E-state index contributed by atoms with van der Waals surface area (Å²) in [7, 11) is 0. The van der Waals surface area contributed by atoms with Crippen molar-refractivity contribution in [3.05, 3.63) is 59.7 Å². The molecule has 0 saturated heterocycles. The van der Waals surface area contributed by atoms with E-state index in [4.69, 9.17) is 11.5 Å². The summed E-state index contributed by atoms with van der Waals surface area (Å²) in [4.78, 5) is 11.8. The first-order valence-corrected chi connectivity index (χ1v) is 6.13. The van der Waals surface area contributed by atoms with Crippen LogP contribution in [0.2, 0.25) is 0 Å². The Balaban J connectivity index is 1.84. The molecule has 5 N–H and O–H groups in total. The number of hydrogen-bond acceptors (Lipinski definition) is 3. The first kappa shape index (κ1) is 13.0. The average Bonchev–Trinajstić information content (AvgIpc) is 2.41. The summed E-state index contributed by atoms with van der Waals surface area (Å²) in [6.45, 7) is 0.590. The van der Waals surface area contributed by atoms with Gasteiger partial charge in [-0.1, -0.05) is 12.1 Å². The smallest absolute Gasteiger partial charge is 0.251 e. The van der Waals surface area contributed by atoms with Crippen molar-refractivity contribution in [1.29, 1.82) is 0 Å². The molecule has 2 aromatic carbocycles. The van der Waals surface area contributed by atoms with Crippen molar-refractivity contribution in [1.82, 2.24) is 5.32 Å². The first-order chi connectivity index (χ1) is 9.15. The molecule has 0 unspecified atom stereocenters. The van der Waals surface area contributed by atoms with Crippen molar-refractivity contribution in [3.8, 4) is 0 Å². The maximum absolute atomic E-state index is 11.8. The van der Waals surface area contributed by atoms with Crippen molar-refractivity contribution in [2.45, 2.75) is 6.42 Å². The van der Waals surface area contributed by atoms with Gasteiger partial charge in [0.15, 0.2) is 0 Å². The quantitative estimate of drug-likeness (QED) is 0.729. The molecule has 0 spiro atoms. The third-order valence-corrected chi connectivity index (χ3v) is 2.85. The SMILES string of the molecule is Nc1ccc(CCNC(=O)c2ccc(N)cc2)cc1. The van der Waals surface area contributed by atoms with Crippen LogP contribution in [0.1, 0.15) is 15.9 Å². The first-order valence-electron chi connectivity index (χ1n) is 6.13. The summed E-state index contributed by atoms with van der Waals surface area (Å²) in [5.74, 6) is -0.0876. The van der Waals surface area contributed by atoms with Crippen LogP contribution in [0.3, 0.4) is 0 Å². The number of carbonyl (C=O) groups excluding carboxylic acids is 1. The van der Waals surface area contributed by atoms with Gasteiger partial charge in [-0.3, -0.25) is 4.79 Å². The Morgan fingerprint density at radius 1 is 0.895 bits per heavy atom. The lowest BCUT2D eigenvalue weighted by molar-refractivity contribution is 0.0954. The van der Waals surface area contributed by atoms with Crippen molar-refractivity contribution in [2.24, 2.45) is 0 Å². The molecule has 4 heteroatoms. The highest BCUT2D eigenvalue weighted by Gasteiger charge is 2.04. The molecule has 0 aromatic heterocycles. The van der Waals surface area contributed by atoms with E-state index in [2.05, 4.69) is 5.32 Å². The molecule has 4 nitrogen and oxygen atoms in total. The lowest BCUT2D eigenvalue weighted by Crippen LogP contribution is -2.25. The van der Waals surface area contributed by atoms with Crippen molar-refractivity contribution >= 4 is 17.3 Å². The van der Waals surface area contributed by atoms with Crippen LogP contribution in [0.15, 0.2) is 48.5 Å². The van der Waals surface area contributed by atoms with Gasteiger partial charge in [0, 0.05) is 23.5 Å². The number of carbonyl (C=O) groups is 1. The van der Waals surface area contributed by atoms with E-state index < -0.39 is 0 Å². The number of anilines is 2. The molecule has 2 rings (SSSR count). The lowest BCUT2D eigenvalue weighted by Gasteiger charge is -2.06. The zero-order chi connectivity index (χ0) is 13.7. The number of rotatable bonds is 4. The van der Waals surface area contributed by atoms with Crippen LogP contribution in [0, 0.1) is 0 Å². The van der Waals surface area contributed by atoms with Crippen LogP contribution in [0.4, 0.5) is 11.4 Å². The molecule has 19 heavy (non-hydrogen) atoms. The second kappa shape index (κ2) is 5.91. The topological polar surface area (TPSA) is 81.1 Å². The maximum atomic E-state index is 11.8. The minimum Gasteiger partial charge on any atom is -0.399 e. The summed E-state index contributed by atoms with van der Waals surface area (Å²) in [5.41, 5.74) is 14.3. The minimum atomic E-state index is -0.0876. The van der Waals surface area contributed by atoms with Crippen LogP contribution in [0.5, 0.6) is 0 Å². The van der Waals surface area contributed by atoms with Gasteiger partial charge in [-0.05, 0) is 48.4 Å². The molecule has 0 aliphatic rings. The largest absolute Gasteiger partial charge is 0.399 e. The molecule has 0 heterocycles. The molecule has 98 valence electrons. The lowest BCUT2D eigenvalue weighted by atomic mass is 10.1. The number of nitrogen functional groups attached to an aromatic ring is 2. The number of benzene rings is 2. The van der Waals surface area contributed by atoms with Crippen molar-refractivity contribution < 1.29 is 4.79 Å². The summed E-state index contributed by atoms with van der Waals surface area (Å²) in [6.07, 6.45) is 0.779. The fraction of sp³-hybridized carbons (Fsp3) is 0.133. The van der Waals surface area contributed by atoms with Crippen LogP contribution < -0.4 is 16.8 Å². The second-order valence-electron chi connectivity index (χ2n) is 4.37. The van der Waals surface area contributed by atoms with Crippen LogP contribution in [-0.4, -0.2) is 12.5 Å². The summed E-state index contributed by atoms with van der Waals surface area (Å²) < 4.78 is 0. The Kier molecular flexibility index (Phi) is 4.03. The average molecular weight is 255 g/mol. The van der Waals surface area contributed by atoms with Gasteiger partial charge in [0.25, 0.3) is 5.91 Å². The highest BCUT2D eigenvalue weighted by molar-refractivity contribution is 5.94. The Bertz CT molecular complexity index is 547. The highest BCUT2D eigenvalue weighted by atomic mass is 16.1. The molecule has 0 aliphatic heterocycles. The molecule has 0 saturated carbocycles. The van der Waals surface area contributed by atoms with Gasteiger partial charge in [0.2, 0.25) is 0 Å². The maximum Gasteiger partial charge on any atom is 0.251 e. The molecule has 0 atom stereocenters. The van der Waals surface area contributed by atoms with E-state index in [1.165, 1.54) is 0 Å². The fourth-order valence-corrected chi connectivity index (χ4v) is 1.74. The highest BCUT2D eigenvalue weighted by Crippen LogP contribution is 2.07. The van der Waals surface area contributed by atoms with Gasteiger partial charge in [-0.15, -0.1) is 0 Å². The number of hydrogen-bond donors (Lipinski definition) is 3. The Hall–Kier alpha value is -2.49. The molecular weight excluding hydrogens is 238 g/mol. The van der Waals surface area contributed by atoms with E-state index in [0.717, 1.165) is 17.7 Å². The Labute approximate surface area is 112 Å². The molecule has 0 bridgehead atoms. The molecule has 0 radical (unpaired) electrons. The van der Waals surface area contributed by atoms with Crippen molar-refractivity contribution in [2.75, 3.05) is 18.0 Å². The normalized spacial score (nSPS) is 10.1. The summed E-state index contributed by atoms with van der Waals surface area (Å²) >= 11 is 0. The van der Waals surface area contributed by atoms with Crippen LogP contribution >= 0.6 is 0 Å².